The lowest BCUT2D eigenvalue weighted by molar-refractivity contribution is 0.172. The lowest BCUT2D eigenvalue weighted by atomic mass is 10.1. The Morgan fingerprint density at radius 2 is 1.95 bits per heavy atom. The maximum atomic E-state index is 11.8. The van der Waals surface area contributed by atoms with Gasteiger partial charge in [0.2, 0.25) is 0 Å². The Balaban J connectivity index is 1.81. The van der Waals surface area contributed by atoms with Crippen LogP contribution in [0.1, 0.15) is 36.2 Å². The number of halogens is 1. The lowest BCUT2D eigenvalue weighted by Gasteiger charge is -2.15. The molecule has 0 saturated carbocycles. The fraction of sp³-hybridized carbons (Fsp3) is 0.312. The van der Waals surface area contributed by atoms with Crippen LogP contribution in [0.15, 0.2) is 40.8 Å². The number of rotatable bonds is 5. The molecule has 1 aromatic carbocycles. The zero-order valence-electron chi connectivity index (χ0n) is 12.5. The third-order valence-corrected chi connectivity index (χ3v) is 3.50. The van der Waals surface area contributed by atoms with Crippen molar-refractivity contribution in [3.8, 4) is 0 Å². The maximum absolute atomic E-state index is 11.8. The van der Waals surface area contributed by atoms with Crippen LogP contribution in [-0.4, -0.2) is 17.7 Å². The van der Waals surface area contributed by atoms with Crippen molar-refractivity contribution in [3.63, 3.8) is 0 Å². The molecule has 0 bridgehead atoms. The number of hydrogen-bond acceptors (Lipinski definition) is 3. The Bertz CT molecular complexity index is 625. The standard InChI is InChI=1S/C16H19ClN2O3/c1-10-3-8-15(22-10)11(2)19-16(21)18-9-14(20)12-4-6-13(17)7-5-12/h3-8,11,14,20H,9H2,1-2H3,(H2,18,19,21). The van der Waals surface area contributed by atoms with E-state index in [-0.39, 0.29) is 18.6 Å². The molecule has 0 radical (unpaired) electrons. The third-order valence-electron chi connectivity index (χ3n) is 3.25. The Morgan fingerprint density at radius 3 is 2.55 bits per heavy atom. The van der Waals surface area contributed by atoms with E-state index in [1.54, 1.807) is 24.3 Å². The molecule has 0 aliphatic carbocycles. The fourth-order valence-corrected chi connectivity index (χ4v) is 2.12. The van der Waals surface area contributed by atoms with Crippen LogP contribution >= 0.6 is 11.6 Å². The molecule has 2 rings (SSSR count). The number of aliphatic hydroxyl groups excluding tert-OH is 1. The molecule has 2 aromatic rings. The predicted octanol–water partition coefficient (Wildman–Crippen LogP) is 3.34. The van der Waals surface area contributed by atoms with E-state index in [0.717, 1.165) is 5.76 Å². The molecule has 118 valence electrons. The molecule has 0 aliphatic rings. The minimum absolute atomic E-state index is 0.109. The van der Waals surface area contributed by atoms with E-state index in [1.165, 1.54) is 0 Å². The maximum Gasteiger partial charge on any atom is 0.315 e. The topological polar surface area (TPSA) is 74.5 Å². The highest BCUT2D eigenvalue weighted by molar-refractivity contribution is 6.30. The summed E-state index contributed by atoms with van der Waals surface area (Å²) in [6.45, 7) is 3.78. The van der Waals surface area contributed by atoms with E-state index in [1.807, 2.05) is 26.0 Å². The summed E-state index contributed by atoms with van der Waals surface area (Å²) in [6.07, 6.45) is -0.788. The van der Waals surface area contributed by atoms with E-state index in [2.05, 4.69) is 10.6 Å². The fourth-order valence-electron chi connectivity index (χ4n) is 2.00. The summed E-state index contributed by atoms with van der Waals surface area (Å²) in [5.41, 5.74) is 0.694. The number of aryl methyl sites for hydroxylation is 1. The molecule has 0 saturated heterocycles. The first-order valence-corrected chi connectivity index (χ1v) is 7.37. The van der Waals surface area contributed by atoms with Crippen LogP contribution in [0.4, 0.5) is 4.79 Å². The number of aliphatic hydroxyl groups is 1. The Hall–Kier alpha value is -1.98. The highest BCUT2D eigenvalue weighted by Gasteiger charge is 2.14. The van der Waals surface area contributed by atoms with Crippen molar-refractivity contribution in [2.24, 2.45) is 0 Å². The number of urea groups is 1. The van der Waals surface area contributed by atoms with Crippen molar-refractivity contribution in [1.29, 1.82) is 0 Å². The first kappa shape index (κ1) is 16.4. The smallest absolute Gasteiger partial charge is 0.315 e. The van der Waals surface area contributed by atoms with Crippen LogP contribution in [0, 0.1) is 6.92 Å². The predicted molar refractivity (Wildman–Crippen MR) is 84.8 cm³/mol. The van der Waals surface area contributed by atoms with Gasteiger partial charge in [-0.2, -0.15) is 0 Å². The Morgan fingerprint density at radius 1 is 1.27 bits per heavy atom. The van der Waals surface area contributed by atoms with Gasteiger partial charge in [0.1, 0.15) is 11.5 Å². The molecule has 0 spiro atoms. The molecule has 2 atom stereocenters. The van der Waals surface area contributed by atoms with Crippen LogP contribution in [-0.2, 0) is 0 Å². The van der Waals surface area contributed by atoms with Crippen molar-refractivity contribution in [2.75, 3.05) is 6.54 Å². The number of hydrogen-bond donors (Lipinski definition) is 3. The lowest BCUT2D eigenvalue weighted by Crippen LogP contribution is -2.39. The molecule has 22 heavy (non-hydrogen) atoms. The van der Waals surface area contributed by atoms with Crippen molar-refractivity contribution in [2.45, 2.75) is 26.0 Å². The first-order valence-electron chi connectivity index (χ1n) is 7.00. The number of amides is 2. The van der Waals surface area contributed by atoms with Gasteiger partial charge in [-0.3, -0.25) is 0 Å². The number of furan rings is 1. The molecule has 5 nitrogen and oxygen atoms in total. The second-order valence-corrected chi connectivity index (χ2v) is 5.53. The molecule has 2 amide bonds. The van der Waals surface area contributed by atoms with Crippen molar-refractivity contribution >= 4 is 17.6 Å². The molecular weight excluding hydrogens is 304 g/mol. The Labute approximate surface area is 134 Å². The van der Waals surface area contributed by atoms with Crippen LogP contribution in [0.3, 0.4) is 0 Å². The van der Waals surface area contributed by atoms with Crippen molar-refractivity contribution in [1.82, 2.24) is 10.6 Å². The van der Waals surface area contributed by atoms with Crippen molar-refractivity contribution < 1.29 is 14.3 Å². The van der Waals surface area contributed by atoms with E-state index in [4.69, 9.17) is 16.0 Å². The molecule has 1 aromatic heterocycles. The Kier molecular flexibility index (Phi) is 5.46. The summed E-state index contributed by atoms with van der Waals surface area (Å²) >= 11 is 5.79. The summed E-state index contributed by atoms with van der Waals surface area (Å²) in [5, 5.41) is 16.0. The van der Waals surface area contributed by atoms with Crippen LogP contribution in [0.5, 0.6) is 0 Å². The van der Waals surface area contributed by atoms with Crippen LogP contribution < -0.4 is 10.6 Å². The van der Waals surface area contributed by atoms with Gasteiger partial charge < -0.3 is 20.2 Å². The van der Waals surface area contributed by atoms with Gasteiger partial charge in [0.15, 0.2) is 0 Å². The molecule has 0 aliphatic heterocycles. The van der Waals surface area contributed by atoms with Gasteiger partial charge in [0.05, 0.1) is 12.1 Å². The molecule has 6 heteroatoms. The van der Waals surface area contributed by atoms with E-state index in [9.17, 15) is 9.90 Å². The van der Waals surface area contributed by atoms with Crippen LogP contribution in [0.25, 0.3) is 0 Å². The number of carbonyl (C=O) groups is 1. The van der Waals surface area contributed by atoms with Gasteiger partial charge in [-0.1, -0.05) is 23.7 Å². The second kappa shape index (κ2) is 7.33. The van der Waals surface area contributed by atoms with E-state index >= 15 is 0 Å². The largest absolute Gasteiger partial charge is 0.464 e. The average molecular weight is 323 g/mol. The van der Waals surface area contributed by atoms with Gasteiger partial charge in [-0.25, -0.2) is 4.79 Å². The molecule has 0 fully saturated rings. The van der Waals surface area contributed by atoms with Crippen LogP contribution in [0.2, 0.25) is 5.02 Å². The molecule has 3 N–H and O–H groups in total. The summed E-state index contributed by atoms with van der Waals surface area (Å²) in [4.78, 5) is 11.8. The molecule has 2 unspecified atom stereocenters. The normalized spacial score (nSPS) is 13.5. The number of nitrogens with one attached hydrogen (secondary N) is 2. The highest BCUT2D eigenvalue weighted by Crippen LogP contribution is 2.16. The van der Waals surface area contributed by atoms with Gasteiger partial charge in [0.25, 0.3) is 0 Å². The number of carbonyl (C=O) groups excluding carboxylic acids is 1. The monoisotopic (exact) mass is 322 g/mol. The second-order valence-electron chi connectivity index (χ2n) is 5.09. The quantitative estimate of drug-likeness (QED) is 0.790. The van der Waals surface area contributed by atoms with Gasteiger partial charge in [-0.15, -0.1) is 0 Å². The zero-order chi connectivity index (χ0) is 16.1. The first-order chi connectivity index (χ1) is 10.5. The third kappa shape index (κ3) is 4.51. The zero-order valence-corrected chi connectivity index (χ0v) is 13.2. The summed E-state index contributed by atoms with van der Waals surface area (Å²) in [6, 6.07) is 9.89. The average Bonchev–Trinajstić information content (AvgIpc) is 2.92. The summed E-state index contributed by atoms with van der Waals surface area (Å²) in [5.74, 6) is 1.48. The van der Waals surface area contributed by atoms with E-state index in [0.29, 0.717) is 16.3 Å². The SMILES string of the molecule is Cc1ccc(C(C)NC(=O)NCC(O)c2ccc(Cl)cc2)o1. The van der Waals surface area contributed by atoms with E-state index < -0.39 is 6.10 Å². The minimum Gasteiger partial charge on any atom is -0.464 e. The molecule has 1 heterocycles. The van der Waals surface area contributed by atoms with Crippen molar-refractivity contribution in [3.05, 3.63) is 58.5 Å². The van der Waals surface area contributed by atoms with Gasteiger partial charge in [0, 0.05) is 11.6 Å². The highest BCUT2D eigenvalue weighted by atomic mass is 35.5. The summed E-state index contributed by atoms with van der Waals surface area (Å²) in [7, 11) is 0. The van der Waals surface area contributed by atoms with Gasteiger partial charge in [-0.05, 0) is 43.7 Å². The number of benzene rings is 1. The molecular formula is C16H19ClN2O3. The summed E-state index contributed by atoms with van der Waals surface area (Å²) < 4.78 is 5.45. The van der Waals surface area contributed by atoms with Gasteiger partial charge >= 0.3 is 6.03 Å². The minimum atomic E-state index is -0.788.